The minimum atomic E-state index is -1.35. The lowest BCUT2D eigenvalue weighted by molar-refractivity contribution is -0.130. The number of fused-ring (bicyclic) bond motifs is 2. The molecule has 9 rings (SSSR count). The Balaban J connectivity index is 0.840. The number of halogens is 2. The number of aromatic nitrogens is 2. The molecule has 5 aromatic rings. The number of anilines is 4. The highest BCUT2D eigenvalue weighted by Crippen LogP contribution is 2.32. The van der Waals surface area contributed by atoms with Gasteiger partial charge in [-0.05, 0) is 97.5 Å². The van der Waals surface area contributed by atoms with Gasteiger partial charge >= 0.3 is 0 Å². The van der Waals surface area contributed by atoms with Crippen LogP contribution in [0.2, 0.25) is 0 Å². The Hall–Kier alpha value is -6.92. The number of rotatable bonds is 11. The number of aliphatic hydroxyl groups excluding tert-OH is 1. The second-order valence-electron chi connectivity index (χ2n) is 16.2. The third-order valence-electron chi connectivity index (χ3n) is 12.0. The van der Waals surface area contributed by atoms with Crippen molar-refractivity contribution in [1.29, 1.82) is 0 Å². The Morgan fingerprint density at radius 1 is 0.841 bits per heavy atom. The standard InChI is InChI=1S/C45H45F2N9O7/c46-27-18-26(19-28(47)21-27)17-25-1-6-36-35(20-25)41(53-52-36)51-42(59)33-5-3-31(23-37(33)49-29-9-15-63-16-10-29)54-11-13-55(14-12-54)40(58)24-48-30-2-4-32-34(22-30)45(62)56(44(32)61)38-7-8-39(57)50-43(38)60/h1-6,18-23,29,38,43,48-49,60H,7-17,24H2,(H,50,57)(H2,51,52,53,59). The summed E-state index contributed by atoms with van der Waals surface area (Å²) in [7, 11) is 0. The number of hydrogen-bond donors (Lipinski definition) is 6. The number of carbonyl (C=O) groups is 5. The quantitative estimate of drug-likeness (QED) is 0.104. The van der Waals surface area contributed by atoms with Crippen LogP contribution in [0.25, 0.3) is 10.9 Å². The lowest BCUT2D eigenvalue weighted by Gasteiger charge is -2.36. The van der Waals surface area contributed by atoms with E-state index in [0.717, 1.165) is 35.1 Å². The number of ether oxygens (including phenoxy) is 1. The Labute approximate surface area is 359 Å². The molecular formula is C45H45F2N9O7. The Morgan fingerprint density at radius 2 is 1.60 bits per heavy atom. The average Bonchev–Trinajstić information content (AvgIpc) is 3.78. The van der Waals surface area contributed by atoms with Crippen molar-refractivity contribution in [2.75, 3.05) is 66.8 Å². The summed E-state index contributed by atoms with van der Waals surface area (Å²) < 4.78 is 33.3. The molecule has 2 atom stereocenters. The lowest BCUT2D eigenvalue weighted by Crippen LogP contribution is -2.57. The maximum atomic E-state index is 14.0. The van der Waals surface area contributed by atoms with Gasteiger partial charge in [0.05, 0.1) is 34.8 Å². The summed E-state index contributed by atoms with van der Waals surface area (Å²) in [4.78, 5) is 70.4. The minimum Gasteiger partial charge on any atom is -0.381 e. The van der Waals surface area contributed by atoms with Gasteiger partial charge in [0.1, 0.15) is 17.9 Å². The largest absolute Gasteiger partial charge is 0.381 e. The first-order chi connectivity index (χ1) is 30.5. The van der Waals surface area contributed by atoms with E-state index in [1.54, 1.807) is 17.0 Å². The first kappa shape index (κ1) is 41.4. The van der Waals surface area contributed by atoms with Gasteiger partial charge in [0, 0.05) is 80.4 Å². The Kier molecular flexibility index (Phi) is 11.5. The molecule has 5 amide bonds. The highest BCUT2D eigenvalue weighted by Gasteiger charge is 2.44. The molecule has 4 aliphatic rings. The molecule has 6 N–H and O–H groups in total. The number of benzene rings is 4. The van der Waals surface area contributed by atoms with Gasteiger partial charge in [-0.15, -0.1) is 0 Å². The molecule has 5 heterocycles. The molecule has 0 bridgehead atoms. The predicted molar refractivity (Wildman–Crippen MR) is 229 cm³/mol. The van der Waals surface area contributed by atoms with E-state index in [1.807, 2.05) is 30.3 Å². The molecule has 0 spiro atoms. The van der Waals surface area contributed by atoms with Gasteiger partial charge in [0.2, 0.25) is 11.8 Å². The third kappa shape index (κ3) is 8.76. The summed E-state index contributed by atoms with van der Waals surface area (Å²) in [5, 5.41) is 30.3. The number of carbonyl (C=O) groups excluding carboxylic acids is 5. The van der Waals surface area contributed by atoms with Gasteiger partial charge in [-0.2, -0.15) is 5.10 Å². The molecule has 0 radical (unpaired) electrons. The summed E-state index contributed by atoms with van der Waals surface area (Å²) in [6, 6.07) is 18.4. The smallest absolute Gasteiger partial charge is 0.262 e. The summed E-state index contributed by atoms with van der Waals surface area (Å²) in [6.45, 7) is 3.13. The van der Waals surface area contributed by atoms with E-state index >= 15 is 0 Å². The molecular weight excluding hydrogens is 817 g/mol. The van der Waals surface area contributed by atoms with Crippen LogP contribution in [0.1, 0.15) is 67.9 Å². The molecule has 18 heteroatoms. The minimum absolute atomic E-state index is 0.0411. The zero-order valence-electron chi connectivity index (χ0n) is 34.1. The second kappa shape index (κ2) is 17.5. The fraction of sp³-hybridized carbons (Fsp3) is 0.333. The normalized spacial score (nSPS) is 19.3. The maximum absolute atomic E-state index is 14.0. The van der Waals surface area contributed by atoms with Gasteiger partial charge in [-0.3, -0.25) is 34.0 Å². The molecule has 3 saturated heterocycles. The van der Waals surface area contributed by atoms with Crippen LogP contribution < -0.4 is 26.2 Å². The van der Waals surface area contributed by atoms with Crippen molar-refractivity contribution in [3.05, 3.63) is 112 Å². The number of aliphatic hydroxyl groups is 1. The third-order valence-corrected chi connectivity index (χ3v) is 12.0. The predicted octanol–water partition coefficient (Wildman–Crippen LogP) is 4.23. The van der Waals surface area contributed by atoms with Gasteiger partial charge in [-0.25, -0.2) is 8.78 Å². The maximum Gasteiger partial charge on any atom is 0.262 e. The van der Waals surface area contributed by atoms with Gasteiger partial charge < -0.3 is 40.9 Å². The number of aromatic amines is 1. The van der Waals surface area contributed by atoms with E-state index in [2.05, 4.69) is 36.4 Å². The summed E-state index contributed by atoms with van der Waals surface area (Å²) in [5.41, 5.74) is 4.72. The van der Waals surface area contributed by atoms with Crippen LogP contribution >= 0.6 is 0 Å². The van der Waals surface area contributed by atoms with Crippen molar-refractivity contribution in [3.63, 3.8) is 0 Å². The van der Waals surface area contributed by atoms with E-state index in [-0.39, 0.29) is 60.7 Å². The molecule has 3 fully saturated rings. The van der Waals surface area contributed by atoms with Crippen molar-refractivity contribution in [3.8, 4) is 0 Å². The topological polar surface area (TPSA) is 201 Å². The van der Waals surface area contributed by atoms with Crippen LogP contribution in [-0.2, 0) is 20.7 Å². The second-order valence-corrected chi connectivity index (χ2v) is 16.2. The number of hydrogen-bond acceptors (Lipinski definition) is 11. The molecule has 0 aliphatic carbocycles. The molecule has 2 unspecified atom stereocenters. The van der Waals surface area contributed by atoms with E-state index in [4.69, 9.17) is 4.74 Å². The van der Waals surface area contributed by atoms with Crippen LogP contribution in [0, 0.1) is 11.6 Å². The van der Waals surface area contributed by atoms with Crippen LogP contribution in [0.3, 0.4) is 0 Å². The van der Waals surface area contributed by atoms with Crippen molar-refractivity contribution < 1.29 is 42.6 Å². The van der Waals surface area contributed by atoms with Crippen LogP contribution in [0.4, 0.5) is 31.7 Å². The van der Waals surface area contributed by atoms with Crippen molar-refractivity contribution in [2.24, 2.45) is 0 Å². The van der Waals surface area contributed by atoms with Gasteiger partial charge in [0.15, 0.2) is 5.82 Å². The average molecular weight is 862 g/mol. The fourth-order valence-electron chi connectivity index (χ4n) is 8.71. The van der Waals surface area contributed by atoms with E-state index in [1.165, 1.54) is 24.3 Å². The molecule has 0 saturated carbocycles. The SMILES string of the molecule is O=C1CCC(N2C(=O)c3ccc(NCC(=O)N4CCN(c5ccc(C(=O)Nc6n[nH]c7ccc(Cc8cc(F)cc(F)c8)cc67)c(NC6CCOCC6)c5)CC4)cc3C2=O)C(O)N1. The monoisotopic (exact) mass is 861 g/mol. The first-order valence-electron chi connectivity index (χ1n) is 20.9. The van der Waals surface area contributed by atoms with Crippen LogP contribution in [0.5, 0.6) is 0 Å². The molecule has 4 aliphatic heterocycles. The lowest BCUT2D eigenvalue weighted by atomic mass is 10.0. The Morgan fingerprint density at radius 3 is 2.37 bits per heavy atom. The fourth-order valence-corrected chi connectivity index (χ4v) is 8.71. The van der Waals surface area contributed by atoms with Crippen LogP contribution in [-0.4, -0.2) is 119 Å². The first-order valence-corrected chi connectivity index (χ1v) is 20.9. The van der Waals surface area contributed by atoms with Crippen LogP contribution in [0.15, 0.2) is 72.8 Å². The molecule has 4 aromatic carbocycles. The highest BCUT2D eigenvalue weighted by molar-refractivity contribution is 6.22. The molecule has 16 nitrogen and oxygen atoms in total. The number of nitrogens with zero attached hydrogens (tertiary/aromatic N) is 4. The van der Waals surface area contributed by atoms with Gasteiger partial charge in [0.25, 0.3) is 17.7 Å². The number of piperazine rings is 1. The van der Waals surface area contributed by atoms with Gasteiger partial charge in [-0.1, -0.05) is 6.07 Å². The highest BCUT2D eigenvalue weighted by atomic mass is 19.1. The number of H-pyrrole nitrogens is 1. The number of amides is 5. The zero-order valence-corrected chi connectivity index (χ0v) is 34.1. The van der Waals surface area contributed by atoms with E-state index in [9.17, 15) is 37.9 Å². The summed E-state index contributed by atoms with van der Waals surface area (Å²) in [5.74, 6) is -2.97. The molecule has 326 valence electrons. The van der Waals surface area contributed by atoms with Crippen molar-refractivity contribution in [1.82, 2.24) is 25.3 Å². The number of piperidine rings is 1. The number of nitrogens with one attached hydrogen (secondary N) is 5. The number of imide groups is 1. The Bertz CT molecular complexity index is 2600. The summed E-state index contributed by atoms with van der Waals surface area (Å²) in [6.07, 6.45) is 0.708. The van der Waals surface area contributed by atoms with Crippen molar-refractivity contribution in [2.45, 2.75) is 50.4 Å². The van der Waals surface area contributed by atoms with E-state index in [0.29, 0.717) is 78.6 Å². The molecule has 63 heavy (non-hydrogen) atoms. The summed E-state index contributed by atoms with van der Waals surface area (Å²) >= 11 is 0. The zero-order chi connectivity index (χ0) is 43.8. The molecule has 1 aromatic heterocycles. The van der Waals surface area contributed by atoms with E-state index < -0.39 is 35.7 Å². The van der Waals surface area contributed by atoms with Crippen molar-refractivity contribution >= 4 is 63.3 Å².